The number of nitrogens with two attached hydrogens (primary N) is 1. The number of aromatic nitrogens is 2. The summed E-state index contributed by atoms with van der Waals surface area (Å²) in [4.78, 5) is 10.8. The van der Waals surface area contributed by atoms with Gasteiger partial charge in [-0.2, -0.15) is 5.10 Å². The number of carbonyl (C=O) groups excluding carboxylic acids is 1. The van der Waals surface area contributed by atoms with Crippen LogP contribution in [0.25, 0.3) is 0 Å². The minimum Gasteiger partial charge on any atom is -0.351 e. The van der Waals surface area contributed by atoms with Crippen LogP contribution in [0, 0.1) is 0 Å². The number of nitrogens with one attached hydrogen (secondary N) is 2. The molecule has 6 heteroatoms. The number of nitrogens with zero attached hydrogens (tertiary/aromatic N) is 2. The average Bonchev–Trinajstić information content (AvgIpc) is 2.97. The summed E-state index contributed by atoms with van der Waals surface area (Å²) in [6.45, 7) is 3.95. The average molecular weight is 287 g/mol. The van der Waals surface area contributed by atoms with Crippen molar-refractivity contribution in [1.29, 1.82) is 0 Å². The van der Waals surface area contributed by atoms with E-state index in [-0.39, 0.29) is 6.04 Å². The Morgan fingerprint density at radius 3 is 2.76 bits per heavy atom. The van der Waals surface area contributed by atoms with Crippen LogP contribution in [-0.4, -0.2) is 22.4 Å². The van der Waals surface area contributed by atoms with Gasteiger partial charge in [0.25, 0.3) is 0 Å². The van der Waals surface area contributed by atoms with E-state index in [0.29, 0.717) is 5.69 Å². The largest absolute Gasteiger partial charge is 0.351 e. The highest BCUT2D eigenvalue weighted by molar-refractivity contribution is 5.87. The van der Waals surface area contributed by atoms with Crippen molar-refractivity contribution in [2.45, 2.75) is 25.9 Å². The molecule has 0 fully saturated rings. The van der Waals surface area contributed by atoms with E-state index >= 15 is 0 Å². The molecule has 1 aromatic carbocycles. The summed E-state index contributed by atoms with van der Waals surface area (Å²) in [5.41, 5.74) is 6.95. The Balaban J connectivity index is 1.74. The molecule has 2 amide bonds. The standard InChI is InChI=1S/C15H21N5O/c1-12(17-8-2-10-20-11-3-9-18-20)13-4-6-14(7-5-13)19-15(16)21/h3-7,9,11-12,17H,2,8,10H2,1H3,(H3,16,19,21). The maximum atomic E-state index is 10.8. The summed E-state index contributed by atoms with van der Waals surface area (Å²) in [7, 11) is 0. The number of anilines is 1. The molecule has 2 aromatic rings. The monoisotopic (exact) mass is 287 g/mol. The zero-order valence-corrected chi connectivity index (χ0v) is 12.1. The van der Waals surface area contributed by atoms with Crippen LogP contribution in [0.15, 0.2) is 42.7 Å². The normalized spacial score (nSPS) is 12.0. The third kappa shape index (κ3) is 4.92. The molecule has 1 heterocycles. The van der Waals surface area contributed by atoms with E-state index in [1.807, 2.05) is 41.2 Å². The van der Waals surface area contributed by atoms with Crippen molar-refractivity contribution in [1.82, 2.24) is 15.1 Å². The molecule has 4 N–H and O–H groups in total. The summed E-state index contributed by atoms with van der Waals surface area (Å²) in [5.74, 6) is 0. The second-order valence-electron chi connectivity index (χ2n) is 4.91. The van der Waals surface area contributed by atoms with Gasteiger partial charge in [0.15, 0.2) is 0 Å². The summed E-state index contributed by atoms with van der Waals surface area (Å²) in [5, 5.41) is 10.2. The van der Waals surface area contributed by atoms with Gasteiger partial charge in [0.2, 0.25) is 0 Å². The molecule has 6 nitrogen and oxygen atoms in total. The minimum absolute atomic E-state index is 0.255. The second-order valence-corrected chi connectivity index (χ2v) is 4.91. The maximum Gasteiger partial charge on any atom is 0.316 e. The summed E-state index contributed by atoms with van der Waals surface area (Å²) in [6.07, 6.45) is 4.78. The van der Waals surface area contributed by atoms with Gasteiger partial charge in [0.1, 0.15) is 0 Å². The zero-order chi connectivity index (χ0) is 15.1. The first-order valence-electron chi connectivity index (χ1n) is 7.02. The molecule has 0 saturated carbocycles. The molecular formula is C15H21N5O. The molecule has 0 aliphatic heterocycles. The Morgan fingerprint density at radius 2 is 2.14 bits per heavy atom. The SMILES string of the molecule is CC(NCCCn1cccn1)c1ccc(NC(N)=O)cc1. The molecule has 1 aromatic heterocycles. The van der Waals surface area contributed by atoms with Gasteiger partial charge in [-0.3, -0.25) is 4.68 Å². The van der Waals surface area contributed by atoms with Crippen molar-refractivity contribution in [3.8, 4) is 0 Å². The molecule has 112 valence electrons. The molecule has 0 aliphatic rings. The number of carbonyl (C=O) groups is 1. The number of rotatable bonds is 7. The van der Waals surface area contributed by atoms with E-state index in [2.05, 4.69) is 22.7 Å². The number of urea groups is 1. The Labute approximate surface area is 124 Å². The number of aryl methyl sites for hydroxylation is 1. The fourth-order valence-electron chi connectivity index (χ4n) is 2.11. The highest BCUT2D eigenvalue weighted by atomic mass is 16.2. The van der Waals surface area contributed by atoms with Crippen molar-refractivity contribution in [3.05, 3.63) is 48.3 Å². The van der Waals surface area contributed by atoms with Crippen LogP contribution >= 0.6 is 0 Å². The fraction of sp³-hybridized carbons (Fsp3) is 0.333. The Bertz CT molecular complexity index is 550. The van der Waals surface area contributed by atoms with Crippen molar-refractivity contribution >= 4 is 11.7 Å². The van der Waals surface area contributed by atoms with Crippen LogP contribution < -0.4 is 16.4 Å². The van der Waals surface area contributed by atoms with E-state index in [0.717, 1.165) is 19.5 Å². The van der Waals surface area contributed by atoms with E-state index in [9.17, 15) is 4.79 Å². The van der Waals surface area contributed by atoms with Gasteiger partial charge in [-0.25, -0.2) is 4.79 Å². The lowest BCUT2D eigenvalue weighted by atomic mass is 10.1. The zero-order valence-electron chi connectivity index (χ0n) is 12.1. The third-order valence-corrected chi connectivity index (χ3v) is 3.25. The first-order chi connectivity index (χ1) is 10.1. The number of benzene rings is 1. The maximum absolute atomic E-state index is 10.8. The van der Waals surface area contributed by atoms with Crippen LogP contribution in [0.5, 0.6) is 0 Å². The van der Waals surface area contributed by atoms with E-state index in [4.69, 9.17) is 5.73 Å². The molecule has 0 aliphatic carbocycles. The quantitative estimate of drug-likeness (QED) is 0.682. The topological polar surface area (TPSA) is 85.0 Å². The summed E-state index contributed by atoms with van der Waals surface area (Å²) < 4.78 is 1.93. The van der Waals surface area contributed by atoms with Crippen LogP contribution in [0.1, 0.15) is 24.9 Å². The van der Waals surface area contributed by atoms with Gasteiger partial charge in [-0.15, -0.1) is 0 Å². The molecule has 2 rings (SSSR count). The molecule has 21 heavy (non-hydrogen) atoms. The number of primary amides is 1. The van der Waals surface area contributed by atoms with Crippen molar-refractivity contribution in [3.63, 3.8) is 0 Å². The first-order valence-corrected chi connectivity index (χ1v) is 7.02. The van der Waals surface area contributed by atoms with Crippen LogP contribution in [0.3, 0.4) is 0 Å². The second kappa shape index (κ2) is 7.44. The third-order valence-electron chi connectivity index (χ3n) is 3.25. The molecule has 0 spiro atoms. The summed E-state index contributed by atoms with van der Waals surface area (Å²) in [6, 6.07) is 9.30. The van der Waals surface area contributed by atoms with E-state index < -0.39 is 6.03 Å². The minimum atomic E-state index is -0.549. The predicted molar refractivity (Wildman–Crippen MR) is 82.9 cm³/mol. The van der Waals surface area contributed by atoms with Gasteiger partial charge in [-0.1, -0.05) is 12.1 Å². The summed E-state index contributed by atoms with van der Waals surface area (Å²) >= 11 is 0. The Morgan fingerprint density at radius 1 is 1.38 bits per heavy atom. The lowest BCUT2D eigenvalue weighted by Crippen LogP contribution is -2.21. The Hall–Kier alpha value is -2.34. The van der Waals surface area contributed by atoms with E-state index in [1.165, 1.54) is 5.56 Å². The number of hydrogen-bond acceptors (Lipinski definition) is 3. The van der Waals surface area contributed by atoms with Crippen molar-refractivity contribution in [2.75, 3.05) is 11.9 Å². The van der Waals surface area contributed by atoms with Crippen molar-refractivity contribution in [2.24, 2.45) is 5.73 Å². The van der Waals surface area contributed by atoms with Gasteiger partial charge in [-0.05, 0) is 43.7 Å². The highest BCUT2D eigenvalue weighted by Gasteiger charge is 2.05. The van der Waals surface area contributed by atoms with Crippen molar-refractivity contribution < 1.29 is 4.79 Å². The molecular weight excluding hydrogens is 266 g/mol. The number of amides is 2. The molecule has 1 atom stereocenters. The van der Waals surface area contributed by atoms with Crippen LogP contribution in [0.4, 0.5) is 10.5 Å². The molecule has 0 bridgehead atoms. The van der Waals surface area contributed by atoms with E-state index in [1.54, 1.807) is 6.20 Å². The van der Waals surface area contributed by atoms with Crippen LogP contribution in [-0.2, 0) is 6.54 Å². The smallest absolute Gasteiger partial charge is 0.316 e. The fourth-order valence-corrected chi connectivity index (χ4v) is 2.11. The van der Waals surface area contributed by atoms with Gasteiger partial charge < -0.3 is 16.4 Å². The van der Waals surface area contributed by atoms with Gasteiger partial charge >= 0.3 is 6.03 Å². The lowest BCUT2D eigenvalue weighted by Gasteiger charge is -2.15. The van der Waals surface area contributed by atoms with Crippen LogP contribution in [0.2, 0.25) is 0 Å². The van der Waals surface area contributed by atoms with Gasteiger partial charge in [0, 0.05) is 30.7 Å². The molecule has 0 radical (unpaired) electrons. The molecule has 1 unspecified atom stereocenters. The number of hydrogen-bond donors (Lipinski definition) is 3. The lowest BCUT2D eigenvalue weighted by molar-refractivity contribution is 0.259. The predicted octanol–water partition coefficient (Wildman–Crippen LogP) is 2.11. The first kappa shape index (κ1) is 15.1. The molecule has 0 saturated heterocycles. The highest BCUT2D eigenvalue weighted by Crippen LogP contribution is 2.15. The Kier molecular flexibility index (Phi) is 5.34. The van der Waals surface area contributed by atoms with Gasteiger partial charge in [0.05, 0.1) is 0 Å².